The van der Waals surface area contributed by atoms with Crippen LogP contribution in [0.2, 0.25) is 0 Å². The van der Waals surface area contributed by atoms with E-state index in [0.717, 1.165) is 24.3 Å². The van der Waals surface area contributed by atoms with E-state index in [-0.39, 0.29) is 0 Å². The summed E-state index contributed by atoms with van der Waals surface area (Å²) in [6.07, 6.45) is 8.06. The molecule has 0 saturated heterocycles. The summed E-state index contributed by atoms with van der Waals surface area (Å²) in [5.41, 5.74) is 2.17. The first-order valence-electron chi connectivity index (χ1n) is 4.50. The third-order valence-electron chi connectivity index (χ3n) is 2.44. The van der Waals surface area contributed by atoms with Gasteiger partial charge in [-0.25, -0.2) is 4.68 Å². The number of rotatable bonds is 1. The van der Waals surface area contributed by atoms with Crippen LogP contribution in [-0.4, -0.2) is 16.1 Å². The van der Waals surface area contributed by atoms with Crippen LogP contribution in [0.4, 0.5) is 0 Å². The first-order valence-corrected chi connectivity index (χ1v) is 4.50. The van der Waals surface area contributed by atoms with E-state index in [4.69, 9.17) is 4.74 Å². The fourth-order valence-electron chi connectivity index (χ4n) is 1.82. The van der Waals surface area contributed by atoms with Gasteiger partial charge in [0.05, 0.1) is 12.4 Å². The molecule has 3 rings (SSSR count). The van der Waals surface area contributed by atoms with Crippen molar-refractivity contribution in [1.82, 2.24) is 9.78 Å². The number of aldehydes is 1. The van der Waals surface area contributed by atoms with E-state index >= 15 is 0 Å². The zero-order chi connectivity index (χ0) is 9.54. The Morgan fingerprint density at radius 1 is 1.57 bits per heavy atom. The molecule has 1 aliphatic heterocycles. The third-order valence-corrected chi connectivity index (χ3v) is 2.44. The van der Waals surface area contributed by atoms with Gasteiger partial charge in [0.25, 0.3) is 0 Å². The average molecular weight is 188 g/mol. The number of hydrogen-bond acceptors (Lipinski definition) is 3. The second-order valence-electron chi connectivity index (χ2n) is 3.32. The largest absolute Gasteiger partial charge is 0.450 e. The third kappa shape index (κ3) is 0.878. The Balaban J connectivity index is 2.25. The standard InChI is InChI=1S/C10H8N2O2/c13-6-8-5-12-10-7(4-11-12)2-1-3-9(10)14-8/h3-6H,1-2H2. The van der Waals surface area contributed by atoms with E-state index < -0.39 is 0 Å². The molecule has 1 aromatic rings. The molecule has 0 unspecified atom stereocenters. The molecule has 2 aliphatic rings. The zero-order valence-corrected chi connectivity index (χ0v) is 7.43. The highest BCUT2D eigenvalue weighted by atomic mass is 16.5. The van der Waals surface area contributed by atoms with Crippen LogP contribution >= 0.6 is 0 Å². The molecule has 0 saturated carbocycles. The Morgan fingerprint density at radius 2 is 2.50 bits per heavy atom. The van der Waals surface area contributed by atoms with Crippen molar-refractivity contribution in [3.05, 3.63) is 29.3 Å². The molecular weight excluding hydrogens is 180 g/mol. The van der Waals surface area contributed by atoms with Crippen LogP contribution in [0.15, 0.2) is 18.0 Å². The summed E-state index contributed by atoms with van der Waals surface area (Å²) < 4.78 is 7.10. The Morgan fingerprint density at radius 3 is 3.36 bits per heavy atom. The minimum atomic E-state index is 0.306. The van der Waals surface area contributed by atoms with Crippen LogP contribution in [0, 0.1) is 0 Å². The van der Waals surface area contributed by atoms with Gasteiger partial charge in [-0.05, 0) is 18.9 Å². The molecule has 14 heavy (non-hydrogen) atoms. The maximum atomic E-state index is 10.6. The van der Waals surface area contributed by atoms with Crippen molar-refractivity contribution in [1.29, 1.82) is 0 Å². The minimum Gasteiger partial charge on any atom is -0.450 e. The second-order valence-corrected chi connectivity index (χ2v) is 3.32. The average Bonchev–Trinajstić information content (AvgIpc) is 2.64. The monoisotopic (exact) mass is 188 g/mol. The van der Waals surface area contributed by atoms with Crippen molar-refractivity contribution in [2.45, 2.75) is 12.8 Å². The fraction of sp³-hybridized carbons (Fsp3) is 0.200. The molecule has 70 valence electrons. The number of aryl methyl sites for hydroxylation is 1. The van der Waals surface area contributed by atoms with Gasteiger partial charge in [-0.2, -0.15) is 5.10 Å². The topological polar surface area (TPSA) is 44.1 Å². The molecule has 0 radical (unpaired) electrons. The van der Waals surface area contributed by atoms with Crippen LogP contribution in [0.25, 0.3) is 12.0 Å². The Hall–Kier alpha value is -1.84. The summed E-state index contributed by atoms with van der Waals surface area (Å²) in [5, 5.41) is 4.18. The van der Waals surface area contributed by atoms with E-state index in [1.807, 2.05) is 12.3 Å². The number of nitrogens with zero attached hydrogens (tertiary/aromatic N) is 2. The van der Waals surface area contributed by atoms with Crippen LogP contribution in [0.3, 0.4) is 0 Å². The van der Waals surface area contributed by atoms with E-state index in [2.05, 4.69) is 5.10 Å². The summed E-state index contributed by atoms with van der Waals surface area (Å²) >= 11 is 0. The van der Waals surface area contributed by atoms with Gasteiger partial charge in [0.15, 0.2) is 12.0 Å². The van der Waals surface area contributed by atoms with E-state index in [9.17, 15) is 4.79 Å². The predicted molar refractivity (Wildman–Crippen MR) is 49.9 cm³/mol. The molecule has 0 bridgehead atoms. The molecular formula is C10H8N2O2. The quantitative estimate of drug-likeness (QED) is 0.622. The molecule has 2 heterocycles. The Kier molecular flexibility index (Phi) is 1.39. The molecule has 0 N–H and O–H groups in total. The first kappa shape index (κ1) is 7.55. The summed E-state index contributed by atoms with van der Waals surface area (Å²) in [4.78, 5) is 10.6. The first-order chi connectivity index (χ1) is 6.88. The van der Waals surface area contributed by atoms with Gasteiger partial charge in [-0.1, -0.05) is 0 Å². The van der Waals surface area contributed by atoms with E-state index in [1.54, 1.807) is 10.9 Å². The minimum absolute atomic E-state index is 0.306. The summed E-state index contributed by atoms with van der Waals surface area (Å²) in [6.45, 7) is 0. The molecule has 0 atom stereocenters. The summed E-state index contributed by atoms with van der Waals surface area (Å²) in [7, 11) is 0. The smallest absolute Gasteiger partial charge is 0.186 e. The van der Waals surface area contributed by atoms with Gasteiger partial charge in [0.2, 0.25) is 0 Å². The summed E-state index contributed by atoms with van der Waals surface area (Å²) in [5.74, 6) is 1.06. The van der Waals surface area contributed by atoms with Crippen molar-refractivity contribution >= 4 is 18.2 Å². The van der Waals surface area contributed by atoms with Crippen molar-refractivity contribution in [2.24, 2.45) is 0 Å². The number of carbonyl (C=O) groups excluding carboxylic acids is 1. The lowest BCUT2D eigenvalue weighted by molar-refractivity contribution is -0.106. The molecule has 0 amide bonds. The Labute approximate surface area is 80.5 Å². The van der Waals surface area contributed by atoms with Gasteiger partial charge in [0.1, 0.15) is 11.5 Å². The highest BCUT2D eigenvalue weighted by Gasteiger charge is 2.23. The van der Waals surface area contributed by atoms with Gasteiger partial charge in [0, 0.05) is 5.56 Å². The summed E-state index contributed by atoms with van der Waals surface area (Å²) in [6, 6.07) is 0. The molecule has 4 heteroatoms. The zero-order valence-electron chi connectivity index (χ0n) is 7.43. The normalized spacial score (nSPS) is 17.7. The number of carbonyl (C=O) groups is 1. The highest BCUT2D eigenvalue weighted by molar-refractivity contribution is 5.81. The van der Waals surface area contributed by atoms with Crippen molar-refractivity contribution < 1.29 is 9.53 Å². The van der Waals surface area contributed by atoms with Crippen LogP contribution in [-0.2, 0) is 16.0 Å². The number of ether oxygens (including phenoxy) is 1. The molecule has 0 fully saturated rings. The molecule has 1 aliphatic carbocycles. The fourth-order valence-corrected chi connectivity index (χ4v) is 1.82. The van der Waals surface area contributed by atoms with Crippen molar-refractivity contribution in [3.63, 3.8) is 0 Å². The lowest BCUT2D eigenvalue weighted by atomic mass is 10.0. The number of allylic oxidation sites excluding steroid dienone is 2. The molecule has 1 aromatic heterocycles. The van der Waals surface area contributed by atoms with Gasteiger partial charge < -0.3 is 4.74 Å². The van der Waals surface area contributed by atoms with Crippen LogP contribution < -0.4 is 0 Å². The van der Waals surface area contributed by atoms with Crippen molar-refractivity contribution in [2.75, 3.05) is 0 Å². The van der Waals surface area contributed by atoms with Crippen LogP contribution in [0.5, 0.6) is 0 Å². The molecule has 4 nitrogen and oxygen atoms in total. The lowest BCUT2D eigenvalue weighted by Crippen LogP contribution is -2.11. The SMILES string of the molecule is O=CC1=Cn2ncc3c2C(=CCC3)O1. The van der Waals surface area contributed by atoms with Crippen molar-refractivity contribution in [3.8, 4) is 0 Å². The maximum Gasteiger partial charge on any atom is 0.186 e. The van der Waals surface area contributed by atoms with Gasteiger partial charge >= 0.3 is 0 Å². The lowest BCUT2D eigenvalue weighted by Gasteiger charge is -2.19. The van der Waals surface area contributed by atoms with Gasteiger partial charge in [-0.15, -0.1) is 0 Å². The van der Waals surface area contributed by atoms with Crippen LogP contribution in [0.1, 0.15) is 17.7 Å². The Bertz CT molecular complexity index is 468. The molecule has 0 aromatic carbocycles. The predicted octanol–water partition coefficient (Wildman–Crippen LogP) is 1.20. The molecule has 0 spiro atoms. The van der Waals surface area contributed by atoms with E-state index in [1.165, 1.54) is 5.56 Å². The number of hydrogen-bond donors (Lipinski definition) is 0. The highest BCUT2D eigenvalue weighted by Crippen LogP contribution is 2.31. The second kappa shape index (κ2) is 2.57. The van der Waals surface area contributed by atoms with Gasteiger partial charge in [-0.3, -0.25) is 4.79 Å². The number of aromatic nitrogens is 2. The van der Waals surface area contributed by atoms with E-state index in [0.29, 0.717) is 12.0 Å². The maximum absolute atomic E-state index is 10.6.